The van der Waals surface area contributed by atoms with Crippen molar-refractivity contribution in [3.05, 3.63) is 84.1 Å². The second kappa shape index (κ2) is 7.91. The molecule has 142 valence electrons. The Bertz CT molecular complexity index is 988. The van der Waals surface area contributed by atoms with E-state index in [9.17, 15) is 22.8 Å². The highest BCUT2D eigenvalue weighted by Crippen LogP contribution is 2.30. The Labute approximate surface area is 158 Å². The fourth-order valence-corrected chi connectivity index (χ4v) is 2.42. The van der Waals surface area contributed by atoms with Crippen molar-refractivity contribution in [1.29, 1.82) is 0 Å². The van der Waals surface area contributed by atoms with E-state index in [1.807, 2.05) is 0 Å². The van der Waals surface area contributed by atoms with Crippen LogP contribution in [0.25, 0.3) is 11.3 Å². The van der Waals surface area contributed by atoms with Gasteiger partial charge in [0.1, 0.15) is 0 Å². The number of imide groups is 1. The number of urea groups is 1. The molecule has 0 aliphatic rings. The predicted molar refractivity (Wildman–Crippen MR) is 97.6 cm³/mol. The van der Waals surface area contributed by atoms with Crippen LogP contribution in [0.1, 0.15) is 15.9 Å². The maximum atomic E-state index is 12.6. The van der Waals surface area contributed by atoms with Crippen molar-refractivity contribution < 1.29 is 22.8 Å². The highest BCUT2D eigenvalue weighted by molar-refractivity contribution is 6.08. The predicted octanol–water partition coefficient (Wildman–Crippen LogP) is 4.73. The maximum Gasteiger partial charge on any atom is 0.417 e. The van der Waals surface area contributed by atoms with Gasteiger partial charge in [-0.25, -0.2) is 4.79 Å². The van der Waals surface area contributed by atoms with Crippen LogP contribution in [0.4, 0.5) is 23.7 Å². The molecule has 0 radical (unpaired) electrons. The summed E-state index contributed by atoms with van der Waals surface area (Å²) in [5.41, 5.74) is 0.681. The van der Waals surface area contributed by atoms with Crippen molar-refractivity contribution in [2.24, 2.45) is 0 Å². The first kappa shape index (κ1) is 19.1. The van der Waals surface area contributed by atoms with E-state index in [-0.39, 0.29) is 0 Å². The second-order valence-corrected chi connectivity index (χ2v) is 5.78. The minimum absolute atomic E-state index is 0.317. The molecule has 28 heavy (non-hydrogen) atoms. The average molecular weight is 385 g/mol. The fraction of sp³-hybridized carbons (Fsp3) is 0.0500. The smallest absolute Gasteiger partial charge is 0.308 e. The standard InChI is InChI=1S/C20H14F3N3O2/c21-20(22,23)15-9-10-17(24-12-15)14-7-4-8-16(11-14)25-19(28)26-18(27)13-5-2-1-3-6-13/h1-12H,(H2,25,26,27,28). The van der Waals surface area contributed by atoms with Crippen LogP contribution in [0.3, 0.4) is 0 Å². The molecule has 1 heterocycles. The summed E-state index contributed by atoms with van der Waals surface area (Å²) < 4.78 is 37.9. The van der Waals surface area contributed by atoms with Gasteiger partial charge in [-0.15, -0.1) is 0 Å². The third-order valence-electron chi connectivity index (χ3n) is 3.77. The van der Waals surface area contributed by atoms with Gasteiger partial charge in [-0.05, 0) is 36.4 Å². The lowest BCUT2D eigenvalue weighted by Gasteiger charge is -2.09. The molecule has 3 aromatic rings. The first-order valence-corrected chi connectivity index (χ1v) is 8.14. The number of nitrogens with one attached hydrogen (secondary N) is 2. The van der Waals surface area contributed by atoms with Gasteiger partial charge < -0.3 is 5.32 Å². The summed E-state index contributed by atoms with van der Waals surface area (Å²) >= 11 is 0. The molecule has 0 fully saturated rings. The highest BCUT2D eigenvalue weighted by Gasteiger charge is 2.30. The molecule has 0 unspecified atom stereocenters. The molecule has 2 aromatic carbocycles. The molecular formula is C20H14F3N3O2. The number of hydrogen-bond donors (Lipinski definition) is 2. The van der Waals surface area contributed by atoms with Gasteiger partial charge in [0.05, 0.1) is 11.3 Å². The minimum Gasteiger partial charge on any atom is -0.308 e. The number of alkyl halides is 3. The van der Waals surface area contributed by atoms with E-state index in [0.717, 1.165) is 12.3 Å². The van der Waals surface area contributed by atoms with Crippen LogP contribution in [-0.4, -0.2) is 16.9 Å². The number of nitrogens with zero attached hydrogens (tertiary/aromatic N) is 1. The molecule has 5 nitrogen and oxygen atoms in total. The molecular weight excluding hydrogens is 371 g/mol. The van der Waals surface area contributed by atoms with Crippen molar-refractivity contribution in [3.63, 3.8) is 0 Å². The molecule has 1 aromatic heterocycles. The monoisotopic (exact) mass is 385 g/mol. The van der Waals surface area contributed by atoms with Gasteiger partial charge in [-0.2, -0.15) is 13.2 Å². The number of rotatable bonds is 3. The van der Waals surface area contributed by atoms with E-state index in [1.54, 1.807) is 54.6 Å². The molecule has 8 heteroatoms. The zero-order valence-corrected chi connectivity index (χ0v) is 14.3. The topological polar surface area (TPSA) is 71.1 Å². The van der Waals surface area contributed by atoms with Crippen LogP contribution in [0.2, 0.25) is 0 Å². The fourth-order valence-electron chi connectivity index (χ4n) is 2.42. The van der Waals surface area contributed by atoms with E-state index >= 15 is 0 Å². The van der Waals surface area contributed by atoms with Crippen molar-refractivity contribution >= 4 is 17.6 Å². The Morgan fingerprint density at radius 2 is 1.64 bits per heavy atom. The van der Waals surface area contributed by atoms with Crippen LogP contribution >= 0.6 is 0 Å². The quantitative estimate of drug-likeness (QED) is 0.685. The van der Waals surface area contributed by atoms with Gasteiger partial charge in [-0.1, -0.05) is 30.3 Å². The summed E-state index contributed by atoms with van der Waals surface area (Å²) in [7, 11) is 0. The molecule has 0 saturated carbocycles. The minimum atomic E-state index is -4.46. The van der Waals surface area contributed by atoms with Gasteiger partial charge in [0.2, 0.25) is 0 Å². The summed E-state index contributed by atoms with van der Waals surface area (Å²) in [5.74, 6) is -0.557. The van der Waals surface area contributed by atoms with Crippen LogP contribution in [0.15, 0.2) is 72.9 Å². The summed E-state index contributed by atoms with van der Waals surface area (Å²) in [4.78, 5) is 27.8. The summed E-state index contributed by atoms with van der Waals surface area (Å²) in [6, 6.07) is 16.1. The highest BCUT2D eigenvalue weighted by atomic mass is 19.4. The molecule has 2 N–H and O–H groups in total. The Balaban J connectivity index is 1.69. The van der Waals surface area contributed by atoms with Gasteiger partial charge >= 0.3 is 12.2 Å². The number of halogens is 3. The second-order valence-electron chi connectivity index (χ2n) is 5.78. The van der Waals surface area contributed by atoms with Crippen molar-refractivity contribution in [2.45, 2.75) is 6.18 Å². The van der Waals surface area contributed by atoms with Gasteiger partial charge in [0.15, 0.2) is 0 Å². The average Bonchev–Trinajstić information content (AvgIpc) is 2.68. The molecule has 0 saturated heterocycles. The Kier molecular flexibility index (Phi) is 5.39. The lowest BCUT2D eigenvalue weighted by Crippen LogP contribution is -2.34. The van der Waals surface area contributed by atoms with E-state index < -0.39 is 23.7 Å². The zero-order chi connectivity index (χ0) is 20.1. The molecule has 0 atom stereocenters. The first-order valence-electron chi connectivity index (χ1n) is 8.14. The van der Waals surface area contributed by atoms with Crippen LogP contribution in [-0.2, 0) is 6.18 Å². The largest absolute Gasteiger partial charge is 0.417 e. The lowest BCUT2D eigenvalue weighted by atomic mass is 10.1. The number of carbonyl (C=O) groups is 2. The van der Waals surface area contributed by atoms with Crippen molar-refractivity contribution in [2.75, 3.05) is 5.32 Å². The molecule has 0 spiro atoms. The zero-order valence-electron chi connectivity index (χ0n) is 14.3. The molecule has 0 aliphatic heterocycles. The summed E-state index contributed by atoms with van der Waals surface area (Å²) in [5, 5.41) is 4.71. The number of benzene rings is 2. The van der Waals surface area contributed by atoms with E-state index in [1.165, 1.54) is 6.07 Å². The number of carbonyl (C=O) groups excluding carboxylic acids is 2. The van der Waals surface area contributed by atoms with E-state index in [0.29, 0.717) is 22.5 Å². The Hall–Kier alpha value is -3.68. The SMILES string of the molecule is O=C(NC(=O)c1ccccc1)Nc1cccc(-c2ccc(C(F)(F)F)cn2)c1. The number of aromatic nitrogens is 1. The van der Waals surface area contributed by atoms with Crippen LogP contribution in [0, 0.1) is 0 Å². The van der Waals surface area contributed by atoms with Crippen LogP contribution < -0.4 is 10.6 Å². The molecule has 3 rings (SSSR count). The number of pyridine rings is 1. The number of anilines is 1. The van der Waals surface area contributed by atoms with E-state index in [4.69, 9.17) is 0 Å². The summed E-state index contributed by atoms with van der Waals surface area (Å²) in [6.45, 7) is 0. The number of hydrogen-bond acceptors (Lipinski definition) is 3. The molecule has 0 aliphatic carbocycles. The normalized spacial score (nSPS) is 11.0. The lowest BCUT2D eigenvalue weighted by molar-refractivity contribution is -0.137. The molecule has 0 bridgehead atoms. The van der Waals surface area contributed by atoms with E-state index in [2.05, 4.69) is 15.6 Å². The van der Waals surface area contributed by atoms with Crippen molar-refractivity contribution in [3.8, 4) is 11.3 Å². The maximum absolute atomic E-state index is 12.6. The first-order chi connectivity index (χ1) is 13.3. The third-order valence-corrected chi connectivity index (χ3v) is 3.77. The molecule has 3 amide bonds. The number of amides is 3. The van der Waals surface area contributed by atoms with Gasteiger partial charge in [-0.3, -0.25) is 15.1 Å². The van der Waals surface area contributed by atoms with Crippen molar-refractivity contribution in [1.82, 2.24) is 10.3 Å². The van der Waals surface area contributed by atoms with Crippen LogP contribution in [0.5, 0.6) is 0 Å². The Morgan fingerprint density at radius 3 is 2.29 bits per heavy atom. The van der Waals surface area contributed by atoms with Gasteiger partial charge in [0.25, 0.3) is 5.91 Å². The summed E-state index contributed by atoms with van der Waals surface area (Å²) in [6.07, 6.45) is -3.71. The van der Waals surface area contributed by atoms with Gasteiger partial charge in [0, 0.05) is 23.0 Å². The Morgan fingerprint density at radius 1 is 0.893 bits per heavy atom. The third kappa shape index (κ3) is 4.73.